The molecule has 2 rings (SSSR count). The van der Waals surface area contributed by atoms with Crippen LogP contribution in [-0.4, -0.2) is 81.7 Å². The van der Waals surface area contributed by atoms with Crippen LogP contribution in [0.2, 0.25) is 0 Å². The molecule has 0 aromatic carbocycles. The van der Waals surface area contributed by atoms with Crippen molar-refractivity contribution in [2.45, 2.75) is 129 Å². The van der Waals surface area contributed by atoms with Crippen LogP contribution in [0.5, 0.6) is 0 Å². The smallest absolute Gasteiger partial charge is 0.306 e. The number of thioether (sulfide) groups is 1. The molecule has 7 heteroatoms. The lowest BCUT2D eigenvalue weighted by molar-refractivity contribution is -0.146. The molecule has 0 unspecified atom stereocenters. The third-order valence-corrected chi connectivity index (χ3v) is 9.12. The summed E-state index contributed by atoms with van der Waals surface area (Å²) >= 11 is 1.61. The lowest BCUT2D eigenvalue weighted by Crippen LogP contribution is -2.59. The number of carbonyl (C=O) groups excluding carboxylic acids is 2. The summed E-state index contributed by atoms with van der Waals surface area (Å²) in [6.07, 6.45) is 7.97. The monoisotopic (exact) mass is 512 g/mol. The second-order valence-corrected chi connectivity index (χ2v) is 14.0. The molecule has 0 aromatic heterocycles. The Bertz CT molecular complexity index is 615. The van der Waals surface area contributed by atoms with E-state index >= 15 is 0 Å². The number of piperidine rings is 2. The number of rotatable bonds is 12. The summed E-state index contributed by atoms with van der Waals surface area (Å²) in [4.78, 5) is 29.3. The highest BCUT2D eigenvalue weighted by Gasteiger charge is 2.41. The van der Waals surface area contributed by atoms with Crippen molar-refractivity contribution in [3.8, 4) is 0 Å². The maximum Gasteiger partial charge on any atom is 0.306 e. The van der Waals surface area contributed by atoms with Gasteiger partial charge in [-0.05, 0) is 93.9 Å². The Morgan fingerprint density at radius 2 is 0.943 bits per heavy atom. The first-order valence-electron chi connectivity index (χ1n) is 13.6. The van der Waals surface area contributed by atoms with E-state index in [-0.39, 0.29) is 34.1 Å². The second kappa shape index (κ2) is 12.6. The molecule has 0 bridgehead atoms. The number of likely N-dealkylation sites (tertiary alicyclic amines) is 2. The van der Waals surface area contributed by atoms with E-state index in [1.54, 1.807) is 11.8 Å². The van der Waals surface area contributed by atoms with Gasteiger partial charge < -0.3 is 9.47 Å². The number of carbonyl (C=O) groups is 2. The summed E-state index contributed by atoms with van der Waals surface area (Å²) in [6.45, 7) is 20.7. The summed E-state index contributed by atoms with van der Waals surface area (Å²) < 4.78 is 11.0. The van der Waals surface area contributed by atoms with E-state index in [1.807, 2.05) is 0 Å². The molecule has 2 fully saturated rings. The fourth-order valence-electron chi connectivity index (χ4n) is 6.36. The van der Waals surface area contributed by atoms with Crippen LogP contribution < -0.4 is 0 Å². The molecule has 0 amide bonds. The Hall–Kier alpha value is -0.790. The SMILES string of the molecule is CC1(C)CCCC(C)(C)N1CCOC(=O)CCSCCC(=O)OCCN1C(C)(C)CCCC1(C)C. The highest BCUT2D eigenvalue weighted by atomic mass is 32.2. The standard InChI is InChI=1S/C28H52N2O4S/c1-25(2)13-9-14-26(3,4)29(25)17-19-33-23(31)11-21-35-22-12-24(32)34-20-18-30-27(5,6)15-10-16-28(30,7)8/h9-22H2,1-8H3. The Morgan fingerprint density at radius 3 is 1.26 bits per heavy atom. The van der Waals surface area contributed by atoms with Gasteiger partial charge in [0.25, 0.3) is 0 Å². The summed E-state index contributed by atoms with van der Waals surface area (Å²) in [5.41, 5.74) is 0.551. The largest absolute Gasteiger partial charge is 0.464 e. The third-order valence-electron chi connectivity index (χ3n) is 8.13. The summed E-state index contributed by atoms with van der Waals surface area (Å²) in [5.74, 6) is 1.03. The Labute approximate surface area is 219 Å². The minimum absolute atomic E-state index is 0.138. The minimum atomic E-state index is -0.153. The van der Waals surface area contributed by atoms with Crippen LogP contribution in [0, 0.1) is 0 Å². The predicted molar refractivity (Wildman–Crippen MR) is 146 cm³/mol. The van der Waals surface area contributed by atoms with E-state index in [1.165, 1.54) is 38.5 Å². The molecular weight excluding hydrogens is 460 g/mol. The number of esters is 2. The van der Waals surface area contributed by atoms with Gasteiger partial charge in [-0.1, -0.05) is 0 Å². The zero-order valence-electron chi connectivity index (χ0n) is 23.8. The molecule has 6 nitrogen and oxygen atoms in total. The van der Waals surface area contributed by atoms with Crippen molar-refractivity contribution >= 4 is 23.7 Å². The first-order valence-corrected chi connectivity index (χ1v) is 14.8. The molecule has 0 N–H and O–H groups in total. The quantitative estimate of drug-likeness (QED) is 0.246. The molecule has 0 aliphatic carbocycles. The van der Waals surface area contributed by atoms with E-state index in [2.05, 4.69) is 65.2 Å². The van der Waals surface area contributed by atoms with E-state index in [9.17, 15) is 9.59 Å². The average molecular weight is 513 g/mol. The fourth-order valence-corrected chi connectivity index (χ4v) is 7.18. The summed E-state index contributed by atoms with van der Waals surface area (Å²) in [6, 6.07) is 0. The van der Waals surface area contributed by atoms with Crippen LogP contribution in [0.1, 0.15) is 107 Å². The zero-order valence-corrected chi connectivity index (χ0v) is 24.7. The maximum absolute atomic E-state index is 12.2. The Morgan fingerprint density at radius 1 is 0.629 bits per heavy atom. The van der Waals surface area contributed by atoms with Crippen molar-refractivity contribution in [3.63, 3.8) is 0 Å². The van der Waals surface area contributed by atoms with Gasteiger partial charge >= 0.3 is 11.9 Å². The zero-order chi connectivity index (χ0) is 26.3. The van der Waals surface area contributed by atoms with E-state index in [0.717, 1.165) is 13.1 Å². The highest BCUT2D eigenvalue weighted by molar-refractivity contribution is 7.99. The van der Waals surface area contributed by atoms with Crippen molar-refractivity contribution < 1.29 is 19.1 Å². The van der Waals surface area contributed by atoms with Gasteiger partial charge in [-0.25, -0.2) is 0 Å². The van der Waals surface area contributed by atoms with Crippen LogP contribution in [0.25, 0.3) is 0 Å². The van der Waals surface area contributed by atoms with Crippen molar-refractivity contribution in [3.05, 3.63) is 0 Å². The van der Waals surface area contributed by atoms with Crippen LogP contribution >= 0.6 is 11.8 Å². The van der Waals surface area contributed by atoms with Crippen molar-refractivity contribution in [2.24, 2.45) is 0 Å². The highest BCUT2D eigenvalue weighted by Crippen LogP contribution is 2.38. The fraction of sp³-hybridized carbons (Fsp3) is 0.929. The van der Waals surface area contributed by atoms with Gasteiger partial charge in [0.05, 0.1) is 12.8 Å². The maximum atomic E-state index is 12.2. The molecule has 204 valence electrons. The van der Waals surface area contributed by atoms with E-state index < -0.39 is 0 Å². The number of nitrogens with zero attached hydrogens (tertiary/aromatic N) is 2. The van der Waals surface area contributed by atoms with Crippen molar-refractivity contribution in [2.75, 3.05) is 37.8 Å². The lowest BCUT2D eigenvalue weighted by Gasteiger charge is -2.52. The predicted octanol–water partition coefficient (Wildman–Crippen LogP) is 5.67. The number of hydrogen-bond acceptors (Lipinski definition) is 7. The van der Waals surface area contributed by atoms with E-state index in [0.29, 0.717) is 37.6 Å². The molecular formula is C28H52N2O4S. The molecule has 2 aliphatic rings. The molecule has 2 aliphatic heterocycles. The van der Waals surface area contributed by atoms with Crippen LogP contribution in [0.15, 0.2) is 0 Å². The van der Waals surface area contributed by atoms with Crippen molar-refractivity contribution in [1.29, 1.82) is 0 Å². The van der Waals surface area contributed by atoms with Gasteiger partial charge in [0.15, 0.2) is 0 Å². The first kappa shape index (κ1) is 30.4. The third kappa shape index (κ3) is 9.23. The summed E-state index contributed by atoms with van der Waals surface area (Å²) in [7, 11) is 0. The Kier molecular flexibility index (Phi) is 11.0. The molecule has 0 aromatic rings. The van der Waals surface area contributed by atoms with Gasteiger partial charge in [0.2, 0.25) is 0 Å². The Balaban J connectivity index is 1.55. The van der Waals surface area contributed by atoms with Crippen LogP contribution in [0.4, 0.5) is 0 Å². The van der Waals surface area contributed by atoms with Gasteiger partial charge in [0, 0.05) is 46.8 Å². The first-order chi connectivity index (χ1) is 16.2. The molecule has 2 saturated heterocycles. The van der Waals surface area contributed by atoms with Crippen LogP contribution in [0.3, 0.4) is 0 Å². The average Bonchev–Trinajstić information content (AvgIpc) is 2.71. The molecule has 0 spiro atoms. The van der Waals surface area contributed by atoms with Gasteiger partial charge in [-0.2, -0.15) is 11.8 Å². The molecule has 35 heavy (non-hydrogen) atoms. The van der Waals surface area contributed by atoms with Gasteiger partial charge in [-0.3, -0.25) is 19.4 Å². The second-order valence-electron chi connectivity index (χ2n) is 12.8. The number of ether oxygens (including phenoxy) is 2. The molecule has 0 radical (unpaired) electrons. The molecule has 2 heterocycles. The van der Waals surface area contributed by atoms with E-state index in [4.69, 9.17) is 9.47 Å². The lowest BCUT2D eigenvalue weighted by atomic mass is 9.80. The minimum Gasteiger partial charge on any atom is -0.464 e. The number of hydrogen-bond donors (Lipinski definition) is 0. The van der Waals surface area contributed by atoms with Gasteiger partial charge in [-0.15, -0.1) is 0 Å². The molecule has 0 atom stereocenters. The normalized spacial score (nSPS) is 23.5. The summed E-state index contributed by atoms with van der Waals surface area (Å²) in [5, 5.41) is 0. The van der Waals surface area contributed by atoms with Gasteiger partial charge in [0.1, 0.15) is 13.2 Å². The van der Waals surface area contributed by atoms with Crippen molar-refractivity contribution in [1.82, 2.24) is 9.80 Å². The van der Waals surface area contributed by atoms with Crippen LogP contribution in [-0.2, 0) is 19.1 Å². The molecule has 0 saturated carbocycles. The topological polar surface area (TPSA) is 59.1 Å².